The average Bonchev–Trinajstić information content (AvgIpc) is 2.88. The van der Waals surface area contributed by atoms with Crippen LogP contribution in [0.1, 0.15) is 34.6 Å². The molecule has 0 radical (unpaired) electrons. The number of anilines is 1. The number of hydrogen-bond acceptors (Lipinski definition) is 5. The Bertz CT molecular complexity index is 1240. The molecule has 2 aliphatic rings. The van der Waals surface area contributed by atoms with Crippen LogP contribution in [0, 0.1) is 0 Å². The molecule has 2 aliphatic heterocycles. The summed E-state index contributed by atoms with van der Waals surface area (Å²) in [5.41, 5.74) is 6.10. The zero-order valence-corrected chi connectivity index (χ0v) is 20.5. The van der Waals surface area contributed by atoms with E-state index in [2.05, 4.69) is 23.3 Å². The average molecular weight is 470 g/mol. The first kappa shape index (κ1) is 23.1. The molecule has 0 bridgehead atoms. The van der Waals surface area contributed by atoms with E-state index in [1.54, 1.807) is 14.2 Å². The van der Waals surface area contributed by atoms with E-state index in [4.69, 9.17) is 14.5 Å². The Balaban J connectivity index is 1.43. The Hall–Kier alpha value is -3.64. The van der Waals surface area contributed by atoms with Crippen molar-refractivity contribution in [3.63, 3.8) is 0 Å². The monoisotopic (exact) mass is 469 g/mol. The highest BCUT2D eigenvalue weighted by molar-refractivity contribution is 6.15. The number of likely N-dealkylation sites (N-methyl/N-ethyl adjacent to an activating group) is 1. The molecular weight excluding hydrogens is 438 g/mol. The summed E-state index contributed by atoms with van der Waals surface area (Å²) >= 11 is 0. The van der Waals surface area contributed by atoms with Crippen molar-refractivity contribution < 1.29 is 14.3 Å². The number of benzene rings is 3. The topological polar surface area (TPSA) is 63.2 Å². The number of piperidine rings is 1. The molecule has 3 aromatic rings. The molecule has 35 heavy (non-hydrogen) atoms. The number of methoxy groups -OCH3 is 2. The number of aliphatic imine (C=N–C) groups is 1. The van der Waals surface area contributed by atoms with E-state index in [1.807, 2.05) is 60.7 Å². The molecule has 3 aromatic carbocycles. The van der Waals surface area contributed by atoms with Crippen molar-refractivity contribution in [2.24, 2.45) is 4.99 Å². The third-order valence-corrected chi connectivity index (χ3v) is 6.93. The molecule has 0 spiro atoms. The fourth-order valence-corrected chi connectivity index (χ4v) is 5.13. The minimum Gasteiger partial charge on any atom is -0.493 e. The van der Waals surface area contributed by atoms with Gasteiger partial charge in [0.25, 0.3) is 0 Å². The minimum atomic E-state index is -0.0321. The number of fused-ring (bicyclic) bond motifs is 3. The van der Waals surface area contributed by atoms with Gasteiger partial charge in [-0.2, -0.15) is 0 Å². The second-order valence-corrected chi connectivity index (χ2v) is 9.28. The van der Waals surface area contributed by atoms with Gasteiger partial charge in [-0.15, -0.1) is 0 Å². The molecule has 1 amide bonds. The van der Waals surface area contributed by atoms with Crippen molar-refractivity contribution in [1.82, 2.24) is 4.90 Å². The van der Waals surface area contributed by atoms with Gasteiger partial charge < -0.3 is 19.7 Å². The van der Waals surface area contributed by atoms with E-state index in [0.29, 0.717) is 18.1 Å². The van der Waals surface area contributed by atoms with Crippen LogP contribution in [0.2, 0.25) is 0 Å². The molecule has 1 N–H and O–H groups in total. The van der Waals surface area contributed by atoms with E-state index in [-0.39, 0.29) is 11.9 Å². The van der Waals surface area contributed by atoms with Gasteiger partial charge in [-0.3, -0.25) is 9.79 Å². The maximum absolute atomic E-state index is 12.5. The number of hydrogen-bond donors (Lipinski definition) is 1. The number of amides is 1. The van der Waals surface area contributed by atoms with E-state index in [0.717, 1.165) is 53.3 Å². The van der Waals surface area contributed by atoms with Gasteiger partial charge in [0.15, 0.2) is 11.5 Å². The number of nitrogens with zero attached hydrogens (tertiary/aromatic N) is 2. The summed E-state index contributed by atoms with van der Waals surface area (Å²) in [5.74, 6) is 1.74. The number of ether oxygens (including phenoxy) is 2. The molecule has 0 aliphatic carbocycles. The molecule has 1 fully saturated rings. The van der Waals surface area contributed by atoms with Gasteiger partial charge in [0.1, 0.15) is 0 Å². The standard InChI is InChI=1S/C29H31N3O3/c1-32-14-13-25-24(18-32)22-16-26(34-2)27(35-3)17-23(22)29(31-25)20-9-11-21(12-10-20)30-28(33)15-19-7-5-4-6-8-19/h4-12,16-17,24-25H,13-15,18H2,1-3H3,(H,30,33)/t24-,25-/m0/s1. The molecule has 6 nitrogen and oxygen atoms in total. The zero-order chi connectivity index (χ0) is 24.4. The van der Waals surface area contributed by atoms with Crippen LogP contribution in [0.25, 0.3) is 0 Å². The molecule has 0 saturated carbocycles. The summed E-state index contributed by atoms with van der Waals surface area (Å²) in [6, 6.07) is 22.1. The summed E-state index contributed by atoms with van der Waals surface area (Å²) in [4.78, 5) is 20.1. The minimum absolute atomic E-state index is 0.0321. The summed E-state index contributed by atoms with van der Waals surface area (Å²) in [5, 5.41) is 3.00. The lowest BCUT2D eigenvalue weighted by molar-refractivity contribution is -0.115. The van der Waals surface area contributed by atoms with Gasteiger partial charge in [-0.1, -0.05) is 42.5 Å². The fraction of sp³-hybridized carbons (Fsp3) is 0.310. The first-order valence-corrected chi connectivity index (χ1v) is 12.0. The van der Waals surface area contributed by atoms with Crippen molar-refractivity contribution >= 4 is 17.3 Å². The van der Waals surface area contributed by atoms with Crippen LogP contribution >= 0.6 is 0 Å². The molecule has 2 atom stereocenters. The first-order valence-electron chi connectivity index (χ1n) is 12.0. The second kappa shape index (κ2) is 9.92. The third-order valence-electron chi connectivity index (χ3n) is 6.93. The summed E-state index contributed by atoms with van der Waals surface area (Å²) in [7, 11) is 5.51. The number of carbonyl (C=O) groups is 1. The maximum Gasteiger partial charge on any atom is 0.228 e. The van der Waals surface area contributed by atoms with Crippen LogP contribution in [-0.2, 0) is 11.2 Å². The van der Waals surface area contributed by atoms with Gasteiger partial charge in [-0.05, 0) is 55.4 Å². The van der Waals surface area contributed by atoms with Crippen LogP contribution in [0.5, 0.6) is 11.5 Å². The molecule has 180 valence electrons. The number of likely N-dealkylation sites (tertiary alicyclic amines) is 1. The van der Waals surface area contributed by atoms with Crippen LogP contribution < -0.4 is 14.8 Å². The lowest BCUT2D eigenvalue weighted by Crippen LogP contribution is -2.41. The highest BCUT2D eigenvalue weighted by Crippen LogP contribution is 2.42. The van der Waals surface area contributed by atoms with Crippen LogP contribution in [0.15, 0.2) is 71.7 Å². The lowest BCUT2D eigenvalue weighted by atomic mass is 9.79. The Morgan fingerprint density at radius 2 is 1.74 bits per heavy atom. The smallest absolute Gasteiger partial charge is 0.228 e. The van der Waals surface area contributed by atoms with Gasteiger partial charge >= 0.3 is 0 Å². The van der Waals surface area contributed by atoms with E-state index in [9.17, 15) is 4.79 Å². The summed E-state index contributed by atoms with van der Waals surface area (Å²) in [6.07, 6.45) is 1.37. The predicted octanol–water partition coefficient (Wildman–Crippen LogP) is 4.52. The predicted molar refractivity (Wildman–Crippen MR) is 139 cm³/mol. The number of carbonyl (C=O) groups excluding carboxylic acids is 1. The highest BCUT2D eigenvalue weighted by Gasteiger charge is 2.36. The van der Waals surface area contributed by atoms with Gasteiger partial charge in [0.05, 0.1) is 32.4 Å². The van der Waals surface area contributed by atoms with Gasteiger partial charge in [0.2, 0.25) is 5.91 Å². The van der Waals surface area contributed by atoms with Crippen LogP contribution in [0.3, 0.4) is 0 Å². The Kier molecular flexibility index (Phi) is 6.55. The summed E-state index contributed by atoms with van der Waals surface area (Å²) in [6.45, 7) is 2.00. The SMILES string of the molecule is COc1cc2c(cc1OC)[C@@H]1CN(C)CC[C@@H]1N=C2c1ccc(NC(=O)Cc2ccccc2)cc1. The Morgan fingerprint density at radius 1 is 1.03 bits per heavy atom. The number of rotatable bonds is 6. The van der Waals surface area contributed by atoms with Gasteiger partial charge in [-0.25, -0.2) is 0 Å². The normalized spacial score (nSPS) is 19.2. The van der Waals surface area contributed by atoms with Gasteiger partial charge in [0, 0.05) is 29.3 Å². The van der Waals surface area contributed by atoms with Crippen molar-refractivity contribution in [2.45, 2.75) is 24.8 Å². The van der Waals surface area contributed by atoms with Crippen LogP contribution in [0.4, 0.5) is 5.69 Å². The first-order chi connectivity index (χ1) is 17.1. The second-order valence-electron chi connectivity index (χ2n) is 9.28. The van der Waals surface area contributed by atoms with Crippen LogP contribution in [-0.4, -0.2) is 56.9 Å². The molecule has 5 rings (SSSR count). The van der Waals surface area contributed by atoms with Crippen molar-refractivity contribution in [2.75, 3.05) is 39.7 Å². The molecule has 1 saturated heterocycles. The molecular formula is C29H31N3O3. The van der Waals surface area contributed by atoms with Crippen molar-refractivity contribution in [3.8, 4) is 11.5 Å². The largest absolute Gasteiger partial charge is 0.493 e. The Labute approximate surface area is 206 Å². The zero-order valence-electron chi connectivity index (χ0n) is 20.5. The maximum atomic E-state index is 12.5. The quantitative estimate of drug-likeness (QED) is 0.577. The van der Waals surface area contributed by atoms with E-state index < -0.39 is 0 Å². The third kappa shape index (κ3) is 4.80. The van der Waals surface area contributed by atoms with E-state index >= 15 is 0 Å². The highest BCUT2D eigenvalue weighted by atomic mass is 16.5. The number of nitrogens with one attached hydrogen (secondary N) is 1. The lowest BCUT2D eigenvalue weighted by Gasteiger charge is -2.39. The molecule has 0 aromatic heterocycles. The molecule has 2 heterocycles. The fourth-order valence-electron chi connectivity index (χ4n) is 5.13. The Morgan fingerprint density at radius 3 is 2.46 bits per heavy atom. The summed E-state index contributed by atoms with van der Waals surface area (Å²) < 4.78 is 11.2. The van der Waals surface area contributed by atoms with Crippen molar-refractivity contribution in [3.05, 3.63) is 89.0 Å². The van der Waals surface area contributed by atoms with Crippen molar-refractivity contribution in [1.29, 1.82) is 0 Å². The van der Waals surface area contributed by atoms with E-state index in [1.165, 1.54) is 5.56 Å². The molecule has 0 unspecified atom stereocenters. The molecule has 6 heteroatoms.